The molecule has 0 radical (unpaired) electrons. The number of ether oxygens (including phenoxy) is 1. The van der Waals surface area contributed by atoms with Crippen molar-refractivity contribution < 1.29 is 9.26 Å². The van der Waals surface area contributed by atoms with Crippen LogP contribution in [0, 0.1) is 0 Å². The van der Waals surface area contributed by atoms with E-state index in [4.69, 9.17) is 9.26 Å². The summed E-state index contributed by atoms with van der Waals surface area (Å²) in [6.07, 6.45) is 2.73. The molecule has 2 aromatic heterocycles. The Bertz CT molecular complexity index is 822. The molecule has 1 aromatic carbocycles. The van der Waals surface area contributed by atoms with E-state index in [-0.39, 0.29) is 0 Å². The minimum absolute atomic E-state index is 0.401. The summed E-state index contributed by atoms with van der Waals surface area (Å²) in [6, 6.07) is 6.01. The summed E-state index contributed by atoms with van der Waals surface area (Å²) in [5.74, 6) is 2.48. The van der Waals surface area contributed by atoms with Crippen LogP contribution in [0.5, 0.6) is 5.75 Å². The Morgan fingerprint density at radius 3 is 3.00 bits per heavy atom. The average molecular weight is 313 g/mol. The van der Waals surface area contributed by atoms with Crippen LogP contribution >= 0.6 is 11.3 Å². The highest BCUT2D eigenvalue weighted by Crippen LogP contribution is 2.32. The Morgan fingerprint density at radius 1 is 1.27 bits per heavy atom. The molecule has 0 spiro atoms. The van der Waals surface area contributed by atoms with E-state index in [1.807, 2.05) is 12.1 Å². The predicted octanol–water partition coefficient (Wildman–Crippen LogP) is 3.92. The summed E-state index contributed by atoms with van der Waals surface area (Å²) in [7, 11) is 0. The van der Waals surface area contributed by atoms with Gasteiger partial charge < -0.3 is 9.26 Å². The lowest BCUT2D eigenvalue weighted by atomic mass is 10.1. The third-order valence-corrected chi connectivity index (χ3v) is 4.89. The van der Waals surface area contributed by atoms with Gasteiger partial charge in [-0.3, -0.25) is 0 Å². The van der Waals surface area contributed by atoms with Gasteiger partial charge in [-0.05, 0) is 23.8 Å². The molecule has 0 N–H and O–H groups in total. The SMILES string of the molecule is CC(C)c1ncc(-c2nc(-c3ccc4c(c3)CCO4)no2)s1. The number of nitrogens with zero attached hydrogens (tertiary/aromatic N) is 3. The van der Waals surface area contributed by atoms with Crippen LogP contribution in [-0.4, -0.2) is 21.7 Å². The van der Waals surface area contributed by atoms with Crippen LogP contribution in [0.1, 0.15) is 30.3 Å². The van der Waals surface area contributed by atoms with Gasteiger partial charge in [0.25, 0.3) is 5.89 Å². The van der Waals surface area contributed by atoms with E-state index in [0.29, 0.717) is 17.6 Å². The first kappa shape index (κ1) is 13.5. The Balaban J connectivity index is 1.66. The molecule has 0 aliphatic carbocycles. The number of thiazole rings is 1. The normalized spacial score (nSPS) is 13.4. The van der Waals surface area contributed by atoms with Crippen LogP contribution in [0.15, 0.2) is 28.9 Å². The first-order valence-corrected chi connectivity index (χ1v) is 8.08. The quantitative estimate of drug-likeness (QED) is 0.733. The van der Waals surface area contributed by atoms with Crippen molar-refractivity contribution in [1.29, 1.82) is 0 Å². The average Bonchev–Trinajstić information content (AvgIpc) is 3.25. The molecule has 6 heteroatoms. The zero-order chi connectivity index (χ0) is 15.1. The second kappa shape index (κ2) is 5.21. The molecule has 5 nitrogen and oxygen atoms in total. The van der Waals surface area contributed by atoms with Crippen molar-refractivity contribution in [2.75, 3.05) is 6.61 Å². The van der Waals surface area contributed by atoms with E-state index in [0.717, 1.165) is 34.2 Å². The topological polar surface area (TPSA) is 61.0 Å². The first-order valence-electron chi connectivity index (χ1n) is 7.26. The van der Waals surface area contributed by atoms with Gasteiger partial charge in [-0.15, -0.1) is 11.3 Å². The zero-order valence-electron chi connectivity index (χ0n) is 12.4. The Labute approximate surface area is 132 Å². The minimum Gasteiger partial charge on any atom is -0.493 e. The standard InChI is InChI=1S/C16H15N3O2S/c1-9(2)16-17-8-13(22-16)15-18-14(19-21-15)11-3-4-12-10(7-11)5-6-20-12/h3-4,7-9H,5-6H2,1-2H3. The highest BCUT2D eigenvalue weighted by atomic mass is 32.1. The van der Waals surface area contributed by atoms with E-state index in [9.17, 15) is 0 Å². The minimum atomic E-state index is 0.401. The predicted molar refractivity (Wildman–Crippen MR) is 84.1 cm³/mol. The summed E-state index contributed by atoms with van der Waals surface area (Å²) in [6.45, 7) is 4.98. The van der Waals surface area contributed by atoms with Crippen molar-refractivity contribution in [3.63, 3.8) is 0 Å². The van der Waals surface area contributed by atoms with Gasteiger partial charge >= 0.3 is 0 Å². The van der Waals surface area contributed by atoms with Gasteiger partial charge in [-0.1, -0.05) is 19.0 Å². The zero-order valence-corrected chi connectivity index (χ0v) is 13.2. The number of rotatable bonds is 3. The fourth-order valence-corrected chi connectivity index (χ4v) is 3.26. The lowest BCUT2D eigenvalue weighted by molar-refractivity contribution is 0.357. The van der Waals surface area contributed by atoms with Gasteiger partial charge in [0, 0.05) is 17.9 Å². The van der Waals surface area contributed by atoms with Crippen LogP contribution in [0.3, 0.4) is 0 Å². The number of benzene rings is 1. The second-order valence-electron chi connectivity index (χ2n) is 5.56. The molecule has 3 heterocycles. The van der Waals surface area contributed by atoms with Gasteiger partial charge in [-0.25, -0.2) is 4.98 Å². The van der Waals surface area contributed by atoms with E-state index < -0.39 is 0 Å². The molecule has 4 rings (SSSR count). The molecular weight excluding hydrogens is 298 g/mol. The second-order valence-corrected chi connectivity index (χ2v) is 6.62. The van der Waals surface area contributed by atoms with Gasteiger partial charge in [-0.2, -0.15) is 4.98 Å². The molecule has 3 aromatic rings. The van der Waals surface area contributed by atoms with Crippen molar-refractivity contribution in [2.45, 2.75) is 26.2 Å². The van der Waals surface area contributed by atoms with Crippen LogP contribution < -0.4 is 4.74 Å². The lowest BCUT2D eigenvalue weighted by Crippen LogP contribution is -1.85. The summed E-state index contributed by atoms with van der Waals surface area (Å²) < 4.78 is 10.9. The van der Waals surface area contributed by atoms with E-state index in [1.165, 1.54) is 5.56 Å². The molecule has 1 aliphatic heterocycles. The number of hydrogen-bond donors (Lipinski definition) is 0. The van der Waals surface area contributed by atoms with Crippen LogP contribution in [0.2, 0.25) is 0 Å². The molecule has 0 fully saturated rings. The summed E-state index contributed by atoms with van der Waals surface area (Å²) in [4.78, 5) is 9.81. The molecule has 112 valence electrons. The van der Waals surface area contributed by atoms with Crippen LogP contribution in [0.25, 0.3) is 22.2 Å². The molecular formula is C16H15N3O2S. The fraction of sp³-hybridized carbons (Fsp3) is 0.312. The third-order valence-electron chi connectivity index (χ3n) is 3.60. The molecule has 0 atom stereocenters. The van der Waals surface area contributed by atoms with Crippen molar-refractivity contribution >= 4 is 11.3 Å². The maximum atomic E-state index is 5.52. The number of hydrogen-bond acceptors (Lipinski definition) is 6. The van der Waals surface area contributed by atoms with Crippen LogP contribution in [0.4, 0.5) is 0 Å². The molecule has 0 unspecified atom stereocenters. The maximum absolute atomic E-state index is 5.52. The van der Waals surface area contributed by atoms with Gasteiger partial charge in [0.2, 0.25) is 5.82 Å². The van der Waals surface area contributed by atoms with Gasteiger partial charge in [0.15, 0.2) is 0 Å². The van der Waals surface area contributed by atoms with E-state index in [1.54, 1.807) is 17.5 Å². The van der Waals surface area contributed by atoms with Crippen molar-refractivity contribution in [1.82, 2.24) is 15.1 Å². The Hall–Kier alpha value is -2.21. The number of fused-ring (bicyclic) bond motifs is 1. The summed E-state index contributed by atoms with van der Waals surface area (Å²) in [5.41, 5.74) is 2.15. The van der Waals surface area contributed by atoms with Gasteiger partial charge in [0.1, 0.15) is 10.6 Å². The maximum Gasteiger partial charge on any atom is 0.269 e. The number of aromatic nitrogens is 3. The molecule has 0 amide bonds. The molecule has 22 heavy (non-hydrogen) atoms. The molecule has 1 aliphatic rings. The fourth-order valence-electron chi connectivity index (χ4n) is 2.42. The molecule has 0 saturated heterocycles. The van der Waals surface area contributed by atoms with Crippen molar-refractivity contribution in [2.24, 2.45) is 0 Å². The Morgan fingerprint density at radius 2 is 2.18 bits per heavy atom. The first-order chi connectivity index (χ1) is 10.7. The van der Waals surface area contributed by atoms with Crippen LogP contribution in [-0.2, 0) is 6.42 Å². The monoisotopic (exact) mass is 313 g/mol. The van der Waals surface area contributed by atoms with E-state index >= 15 is 0 Å². The third kappa shape index (κ3) is 2.29. The highest BCUT2D eigenvalue weighted by molar-refractivity contribution is 7.15. The van der Waals surface area contributed by atoms with E-state index in [2.05, 4.69) is 35.0 Å². The highest BCUT2D eigenvalue weighted by Gasteiger charge is 2.17. The molecule has 0 saturated carbocycles. The molecule has 0 bridgehead atoms. The largest absolute Gasteiger partial charge is 0.493 e. The lowest BCUT2D eigenvalue weighted by Gasteiger charge is -1.99. The van der Waals surface area contributed by atoms with Gasteiger partial charge in [0.05, 0.1) is 17.8 Å². The Kier molecular flexibility index (Phi) is 3.18. The smallest absolute Gasteiger partial charge is 0.269 e. The summed E-state index contributed by atoms with van der Waals surface area (Å²) in [5, 5.41) is 5.17. The summed E-state index contributed by atoms with van der Waals surface area (Å²) >= 11 is 1.60. The van der Waals surface area contributed by atoms with Crippen molar-refractivity contribution in [3.8, 4) is 27.9 Å². The van der Waals surface area contributed by atoms with Crippen molar-refractivity contribution in [3.05, 3.63) is 35.0 Å².